The van der Waals surface area contributed by atoms with E-state index in [2.05, 4.69) is 90.8 Å². The van der Waals surface area contributed by atoms with Gasteiger partial charge in [0.05, 0.1) is 23.0 Å². The van der Waals surface area contributed by atoms with Crippen LogP contribution in [-0.2, 0) is 19.5 Å². The summed E-state index contributed by atoms with van der Waals surface area (Å²) in [6, 6.07) is 27.4. The molecule has 38 heavy (non-hydrogen) atoms. The maximum Gasteiger partial charge on any atom is 0.123 e. The molecule has 0 unspecified atom stereocenters. The molecule has 1 heterocycles. The van der Waals surface area contributed by atoms with E-state index in [0.29, 0.717) is 11.3 Å². The second kappa shape index (κ2) is 12.3. The van der Waals surface area contributed by atoms with Gasteiger partial charge in [-0.05, 0) is 79.9 Å². The van der Waals surface area contributed by atoms with Crippen molar-refractivity contribution >= 4 is 11.4 Å². The molecule has 0 fully saturated rings. The first-order chi connectivity index (χ1) is 18.3. The summed E-state index contributed by atoms with van der Waals surface area (Å²) >= 11 is 0. The topological polar surface area (TPSA) is 43.2 Å². The summed E-state index contributed by atoms with van der Waals surface area (Å²) in [6.45, 7) is 10.8. The molecule has 0 aliphatic heterocycles. The third-order valence-electron chi connectivity index (χ3n) is 6.64. The lowest BCUT2D eigenvalue weighted by molar-refractivity contribution is 0.319. The van der Waals surface area contributed by atoms with Crippen molar-refractivity contribution in [3.8, 4) is 6.07 Å². The van der Waals surface area contributed by atoms with Crippen LogP contribution < -0.4 is 4.90 Å². The lowest BCUT2D eigenvalue weighted by Gasteiger charge is -2.29. The fraction of sp³-hybridized carbons (Fsp3) is 0.212. The Kier molecular flexibility index (Phi) is 8.68. The van der Waals surface area contributed by atoms with E-state index < -0.39 is 0 Å². The Morgan fingerprint density at radius 1 is 0.895 bits per heavy atom. The van der Waals surface area contributed by atoms with Crippen LogP contribution >= 0.6 is 0 Å². The van der Waals surface area contributed by atoms with E-state index in [1.807, 2.05) is 12.1 Å². The predicted octanol–water partition coefficient (Wildman–Crippen LogP) is 7.06. The van der Waals surface area contributed by atoms with Gasteiger partial charge in [0.25, 0.3) is 0 Å². The van der Waals surface area contributed by atoms with Gasteiger partial charge in [-0.3, -0.25) is 9.88 Å². The van der Waals surface area contributed by atoms with Crippen LogP contribution in [0.3, 0.4) is 0 Å². The van der Waals surface area contributed by atoms with Crippen LogP contribution in [-0.4, -0.2) is 23.5 Å². The highest BCUT2D eigenvalue weighted by Crippen LogP contribution is 2.30. The standard InChI is InChI=1S/C33H33FN4/c1-24-5-8-27(9-6-24)16-18-38(26(3)32-19-29(21-35)15-17-36-32)33-20-30(10-7-25(33)2)23-37(4)22-28-11-13-31(34)14-12-28/h5-15,17,19-20H,3,16,18,22-23H2,1-2,4H3. The number of anilines is 1. The molecule has 192 valence electrons. The maximum absolute atomic E-state index is 13.3. The number of pyridine rings is 1. The minimum absolute atomic E-state index is 0.222. The van der Waals surface area contributed by atoms with E-state index in [1.165, 1.54) is 28.8 Å². The molecular formula is C33H33FN4. The highest BCUT2D eigenvalue weighted by molar-refractivity contribution is 5.78. The van der Waals surface area contributed by atoms with Crippen LogP contribution in [0.15, 0.2) is 91.6 Å². The molecule has 0 N–H and O–H groups in total. The highest BCUT2D eigenvalue weighted by Gasteiger charge is 2.17. The lowest BCUT2D eigenvalue weighted by Crippen LogP contribution is -2.25. The molecule has 0 radical (unpaired) electrons. The van der Waals surface area contributed by atoms with Gasteiger partial charge in [0, 0.05) is 31.5 Å². The normalized spacial score (nSPS) is 10.8. The molecule has 0 aliphatic carbocycles. The molecule has 0 saturated heterocycles. The summed E-state index contributed by atoms with van der Waals surface area (Å²) in [7, 11) is 2.06. The summed E-state index contributed by atoms with van der Waals surface area (Å²) in [5.41, 5.74) is 8.93. The number of benzene rings is 3. The Labute approximate surface area is 225 Å². The van der Waals surface area contributed by atoms with E-state index in [9.17, 15) is 9.65 Å². The molecule has 4 nitrogen and oxygen atoms in total. The van der Waals surface area contributed by atoms with Crippen LogP contribution in [0.4, 0.5) is 10.1 Å². The molecule has 5 heteroatoms. The summed E-state index contributed by atoms with van der Waals surface area (Å²) < 4.78 is 13.3. The first kappa shape index (κ1) is 26.8. The van der Waals surface area contributed by atoms with E-state index in [0.717, 1.165) is 48.6 Å². The van der Waals surface area contributed by atoms with Gasteiger partial charge in [0.1, 0.15) is 5.82 Å². The van der Waals surface area contributed by atoms with Gasteiger partial charge >= 0.3 is 0 Å². The van der Waals surface area contributed by atoms with Crippen LogP contribution in [0.5, 0.6) is 0 Å². The summed E-state index contributed by atoms with van der Waals surface area (Å²) in [5.74, 6) is -0.222. The molecule has 0 saturated carbocycles. The Morgan fingerprint density at radius 3 is 2.26 bits per heavy atom. The molecule has 0 amide bonds. The number of hydrogen-bond acceptors (Lipinski definition) is 4. The summed E-state index contributed by atoms with van der Waals surface area (Å²) in [5, 5.41) is 9.41. The van der Waals surface area contributed by atoms with Crippen LogP contribution in [0.2, 0.25) is 0 Å². The average molecular weight is 505 g/mol. The second-order valence-electron chi connectivity index (χ2n) is 9.80. The highest BCUT2D eigenvalue weighted by atomic mass is 19.1. The van der Waals surface area contributed by atoms with Gasteiger partial charge in [-0.2, -0.15) is 5.26 Å². The van der Waals surface area contributed by atoms with Crippen molar-refractivity contribution in [2.75, 3.05) is 18.5 Å². The van der Waals surface area contributed by atoms with Gasteiger partial charge in [-0.1, -0.05) is 60.7 Å². The van der Waals surface area contributed by atoms with Crippen molar-refractivity contribution in [3.63, 3.8) is 0 Å². The first-order valence-corrected chi connectivity index (χ1v) is 12.7. The number of nitriles is 1. The molecular weight excluding hydrogens is 471 g/mol. The van der Waals surface area contributed by atoms with Crippen molar-refractivity contribution < 1.29 is 4.39 Å². The number of halogens is 1. The number of aryl methyl sites for hydroxylation is 2. The number of aromatic nitrogens is 1. The van der Waals surface area contributed by atoms with Gasteiger partial charge in [0.2, 0.25) is 0 Å². The molecule has 4 rings (SSSR count). The van der Waals surface area contributed by atoms with Crippen molar-refractivity contribution in [2.24, 2.45) is 0 Å². The van der Waals surface area contributed by atoms with Crippen molar-refractivity contribution in [1.82, 2.24) is 9.88 Å². The maximum atomic E-state index is 13.3. The summed E-state index contributed by atoms with van der Waals surface area (Å²) in [6.07, 6.45) is 2.50. The largest absolute Gasteiger partial charge is 0.340 e. The summed E-state index contributed by atoms with van der Waals surface area (Å²) in [4.78, 5) is 8.95. The Morgan fingerprint density at radius 2 is 1.55 bits per heavy atom. The zero-order valence-electron chi connectivity index (χ0n) is 22.3. The van der Waals surface area contributed by atoms with Crippen molar-refractivity contribution in [3.05, 3.63) is 137 Å². The molecule has 3 aromatic carbocycles. The zero-order valence-corrected chi connectivity index (χ0v) is 22.3. The van der Waals surface area contributed by atoms with Crippen molar-refractivity contribution in [2.45, 2.75) is 33.4 Å². The molecule has 4 aromatic rings. The molecule has 0 atom stereocenters. The van der Waals surface area contributed by atoms with E-state index >= 15 is 0 Å². The van der Waals surface area contributed by atoms with Gasteiger partial charge in [-0.25, -0.2) is 4.39 Å². The van der Waals surface area contributed by atoms with Crippen LogP contribution in [0.1, 0.15) is 39.1 Å². The third kappa shape index (κ3) is 6.94. The average Bonchev–Trinajstić information content (AvgIpc) is 2.92. The van der Waals surface area contributed by atoms with E-state index in [1.54, 1.807) is 18.3 Å². The Balaban J connectivity index is 1.61. The zero-order chi connectivity index (χ0) is 27.1. The SMILES string of the molecule is C=C(c1cc(C#N)ccn1)N(CCc1ccc(C)cc1)c1cc(CN(C)Cc2ccc(F)cc2)ccc1C. The van der Waals surface area contributed by atoms with Gasteiger partial charge in [-0.15, -0.1) is 0 Å². The number of hydrogen-bond donors (Lipinski definition) is 0. The molecule has 0 aliphatic rings. The third-order valence-corrected chi connectivity index (χ3v) is 6.64. The minimum Gasteiger partial charge on any atom is -0.340 e. The smallest absolute Gasteiger partial charge is 0.123 e. The Bertz CT molecular complexity index is 1440. The fourth-order valence-electron chi connectivity index (χ4n) is 4.51. The predicted molar refractivity (Wildman–Crippen MR) is 153 cm³/mol. The quantitative estimate of drug-likeness (QED) is 0.232. The van der Waals surface area contributed by atoms with Gasteiger partial charge in [0.15, 0.2) is 0 Å². The first-order valence-electron chi connectivity index (χ1n) is 12.7. The second-order valence-corrected chi connectivity index (χ2v) is 9.80. The monoisotopic (exact) mass is 504 g/mol. The molecule has 0 spiro atoms. The lowest BCUT2D eigenvalue weighted by atomic mass is 10.0. The Hall–Kier alpha value is -4.27. The van der Waals surface area contributed by atoms with Crippen LogP contribution in [0.25, 0.3) is 5.70 Å². The van der Waals surface area contributed by atoms with Crippen molar-refractivity contribution in [1.29, 1.82) is 5.26 Å². The fourth-order valence-corrected chi connectivity index (χ4v) is 4.51. The van der Waals surface area contributed by atoms with Gasteiger partial charge < -0.3 is 4.90 Å². The minimum atomic E-state index is -0.222. The molecule has 0 bridgehead atoms. The van der Waals surface area contributed by atoms with Crippen LogP contribution in [0, 0.1) is 31.0 Å². The van der Waals surface area contributed by atoms with E-state index in [-0.39, 0.29) is 5.82 Å². The number of rotatable bonds is 10. The molecule has 1 aromatic heterocycles. The number of nitrogens with zero attached hydrogens (tertiary/aromatic N) is 4. The van der Waals surface area contributed by atoms with E-state index in [4.69, 9.17) is 0 Å².